The number of aromatic nitrogens is 2. The molecule has 1 aliphatic rings. The van der Waals surface area contributed by atoms with Crippen molar-refractivity contribution in [1.82, 2.24) is 9.97 Å². The third-order valence-corrected chi connectivity index (χ3v) is 5.78. The van der Waals surface area contributed by atoms with Crippen LogP contribution in [-0.4, -0.2) is 9.97 Å². The van der Waals surface area contributed by atoms with Crippen molar-refractivity contribution in [3.63, 3.8) is 0 Å². The van der Waals surface area contributed by atoms with Crippen LogP contribution in [0.3, 0.4) is 0 Å². The van der Waals surface area contributed by atoms with Gasteiger partial charge in [-0.2, -0.15) is 0 Å². The van der Waals surface area contributed by atoms with Crippen LogP contribution in [0.25, 0.3) is 10.7 Å². The Bertz CT molecular complexity index is 592. The Kier molecular flexibility index (Phi) is 3.23. The zero-order valence-corrected chi connectivity index (χ0v) is 13.2. The summed E-state index contributed by atoms with van der Waals surface area (Å²) < 4.78 is 0. The van der Waals surface area contributed by atoms with Crippen molar-refractivity contribution in [2.45, 2.75) is 51.5 Å². The largest absolute Gasteiger partial charge is 0.323 e. The second-order valence-corrected chi connectivity index (χ2v) is 8.06. The number of hydrogen-bond donors (Lipinski definition) is 1. The average molecular weight is 293 g/mol. The van der Waals surface area contributed by atoms with Gasteiger partial charge in [-0.3, -0.25) is 0 Å². The average Bonchev–Trinajstić information content (AvgIpc) is 2.94. The van der Waals surface area contributed by atoms with E-state index < -0.39 is 0 Å². The van der Waals surface area contributed by atoms with E-state index in [0.717, 1.165) is 29.2 Å². The first-order chi connectivity index (χ1) is 8.95. The molecule has 0 radical (unpaired) electrons. The van der Waals surface area contributed by atoms with E-state index in [9.17, 15) is 0 Å². The van der Waals surface area contributed by atoms with Gasteiger partial charge in [-0.05, 0) is 19.3 Å². The number of hydrogen-bond acceptors (Lipinski definition) is 5. The summed E-state index contributed by atoms with van der Waals surface area (Å²) in [4.78, 5) is 10.8. The van der Waals surface area contributed by atoms with E-state index in [-0.39, 0.29) is 11.5 Å². The van der Waals surface area contributed by atoms with Gasteiger partial charge >= 0.3 is 0 Å². The lowest BCUT2D eigenvalue weighted by atomic mass is 9.98. The standard InChI is InChI=1S/C14H19N3S2/c1-14(2,3)13-16-9(7-18-13)12-17-11-8(15)5-4-6-10(11)19-12/h7-8H,4-6,15H2,1-3H3. The summed E-state index contributed by atoms with van der Waals surface area (Å²) in [5, 5.41) is 4.32. The fraction of sp³-hybridized carbons (Fsp3) is 0.571. The lowest BCUT2D eigenvalue weighted by molar-refractivity contribution is 0.564. The van der Waals surface area contributed by atoms with Crippen molar-refractivity contribution in [1.29, 1.82) is 0 Å². The maximum atomic E-state index is 6.14. The van der Waals surface area contributed by atoms with Gasteiger partial charge in [0.25, 0.3) is 0 Å². The van der Waals surface area contributed by atoms with Crippen molar-refractivity contribution in [3.05, 3.63) is 21.0 Å². The molecule has 3 nitrogen and oxygen atoms in total. The Morgan fingerprint density at radius 3 is 2.74 bits per heavy atom. The molecule has 2 aromatic rings. The fourth-order valence-corrected chi connectivity index (χ4v) is 4.38. The predicted octanol–water partition coefficient (Wildman–Crippen LogP) is 3.90. The highest BCUT2D eigenvalue weighted by Gasteiger charge is 2.24. The van der Waals surface area contributed by atoms with Gasteiger partial charge in [0.15, 0.2) is 0 Å². The minimum Gasteiger partial charge on any atom is -0.323 e. The molecule has 0 saturated heterocycles. The van der Waals surface area contributed by atoms with E-state index in [1.807, 2.05) is 0 Å². The zero-order chi connectivity index (χ0) is 13.6. The van der Waals surface area contributed by atoms with Gasteiger partial charge in [0, 0.05) is 21.7 Å². The fourth-order valence-electron chi connectivity index (χ4n) is 2.28. The topological polar surface area (TPSA) is 51.8 Å². The van der Waals surface area contributed by atoms with Crippen molar-refractivity contribution in [2.75, 3.05) is 0 Å². The van der Waals surface area contributed by atoms with Crippen molar-refractivity contribution in [3.8, 4) is 10.7 Å². The van der Waals surface area contributed by atoms with E-state index in [1.54, 1.807) is 22.7 Å². The molecule has 102 valence electrons. The summed E-state index contributed by atoms with van der Waals surface area (Å²) in [6.07, 6.45) is 3.36. The number of fused-ring (bicyclic) bond motifs is 1. The number of nitrogens with zero attached hydrogens (tertiary/aromatic N) is 2. The van der Waals surface area contributed by atoms with E-state index >= 15 is 0 Å². The van der Waals surface area contributed by atoms with Crippen LogP contribution in [0.15, 0.2) is 5.38 Å². The Morgan fingerprint density at radius 2 is 2.11 bits per heavy atom. The van der Waals surface area contributed by atoms with Gasteiger partial charge in [0.05, 0.1) is 10.7 Å². The van der Waals surface area contributed by atoms with Crippen LogP contribution in [0.4, 0.5) is 0 Å². The van der Waals surface area contributed by atoms with Gasteiger partial charge in [0.2, 0.25) is 0 Å². The molecule has 2 N–H and O–H groups in total. The Hall–Kier alpha value is -0.780. The zero-order valence-electron chi connectivity index (χ0n) is 11.6. The lowest BCUT2D eigenvalue weighted by Crippen LogP contribution is -2.16. The molecule has 0 bridgehead atoms. The molecule has 1 aliphatic carbocycles. The van der Waals surface area contributed by atoms with Gasteiger partial charge in [-0.25, -0.2) is 9.97 Å². The monoisotopic (exact) mass is 293 g/mol. The normalized spacial score (nSPS) is 19.5. The first-order valence-corrected chi connectivity index (χ1v) is 8.36. The van der Waals surface area contributed by atoms with Gasteiger partial charge in [-0.1, -0.05) is 20.8 Å². The second-order valence-electron chi connectivity index (χ2n) is 6.11. The lowest BCUT2D eigenvalue weighted by Gasteiger charge is -2.15. The third-order valence-electron chi connectivity index (χ3n) is 3.36. The van der Waals surface area contributed by atoms with E-state index in [0.29, 0.717) is 0 Å². The molecule has 0 fully saturated rings. The molecule has 1 atom stereocenters. The van der Waals surface area contributed by atoms with Crippen molar-refractivity contribution in [2.24, 2.45) is 5.73 Å². The molecule has 2 heterocycles. The summed E-state index contributed by atoms with van der Waals surface area (Å²) >= 11 is 3.49. The Morgan fingerprint density at radius 1 is 1.32 bits per heavy atom. The van der Waals surface area contributed by atoms with Gasteiger partial charge in [-0.15, -0.1) is 22.7 Å². The summed E-state index contributed by atoms with van der Waals surface area (Å²) in [6.45, 7) is 6.58. The maximum Gasteiger partial charge on any atom is 0.143 e. The first-order valence-electron chi connectivity index (χ1n) is 6.66. The van der Waals surface area contributed by atoms with Crippen LogP contribution < -0.4 is 5.73 Å². The van der Waals surface area contributed by atoms with Crippen LogP contribution in [0.5, 0.6) is 0 Å². The molecule has 1 unspecified atom stereocenters. The Labute approximate surface area is 121 Å². The minimum atomic E-state index is 0.107. The number of thiazole rings is 2. The van der Waals surface area contributed by atoms with Crippen LogP contribution in [0, 0.1) is 0 Å². The highest BCUT2D eigenvalue weighted by atomic mass is 32.1. The molecule has 0 aliphatic heterocycles. The molecule has 0 spiro atoms. The molecule has 0 aromatic carbocycles. The number of aryl methyl sites for hydroxylation is 1. The molecular weight excluding hydrogens is 274 g/mol. The van der Waals surface area contributed by atoms with Crippen molar-refractivity contribution < 1.29 is 0 Å². The summed E-state index contributed by atoms with van der Waals surface area (Å²) in [5.41, 5.74) is 8.37. The minimum absolute atomic E-state index is 0.107. The van der Waals surface area contributed by atoms with E-state index in [4.69, 9.17) is 15.7 Å². The van der Waals surface area contributed by atoms with E-state index in [1.165, 1.54) is 16.3 Å². The highest BCUT2D eigenvalue weighted by Crippen LogP contribution is 2.37. The van der Waals surface area contributed by atoms with Crippen LogP contribution in [0.2, 0.25) is 0 Å². The van der Waals surface area contributed by atoms with Crippen LogP contribution >= 0.6 is 22.7 Å². The summed E-state index contributed by atoms with van der Waals surface area (Å²) in [6, 6.07) is 0.120. The molecule has 0 amide bonds. The highest BCUT2D eigenvalue weighted by molar-refractivity contribution is 7.15. The molecule has 5 heteroatoms. The SMILES string of the molecule is CC(C)(C)c1nc(-c2nc3c(s2)CCCC3N)cs1. The van der Waals surface area contributed by atoms with Crippen molar-refractivity contribution >= 4 is 22.7 Å². The second kappa shape index (κ2) is 4.65. The number of nitrogens with two attached hydrogens (primary N) is 1. The molecule has 3 rings (SSSR count). The Balaban J connectivity index is 1.97. The predicted molar refractivity (Wildman–Crippen MR) is 81.8 cm³/mol. The van der Waals surface area contributed by atoms with Gasteiger partial charge < -0.3 is 5.73 Å². The molecule has 2 aromatic heterocycles. The molecule has 0 saturated carbocycles. The third kappa shape index (κ3) is 2.47. The maximum absolute atomic E-state index is 6.14. The summed E-state index contributed by atoms with van der Waals surface area (Å²) in [5.74, 6) is 0. The van der Waals surface area contributed by atoms with E-state index in [2.05, 4.69) is 26.2 Å². The quantitative estimate of drug-likeness (QED) is 0.867. The summed E-state index contributed by atoms with van der Waals surface area (Å²) in [7, 11) is 0. The van der Waals surface area contributed by atoms with Gasteiger partial charge in [0.1, 0.15) is 10.7 Å². The smallest absolute Gasteiger partial charge is 0.143 e. The first kappa shape index (κ1) is 13.2. The van der Waals surface area contributed by atoms with Crippen LogP contribution in [0.1, 0.15) is 55.2 Å². The molecular formula is C14H19N3S2. The van der Waals surface area contributed by atoms with Crippen LogP contribution in [-0.2, 0) is 11.8 Å². The molecule has 19 heavy (non-hydrogen) atoms. The number of rotatable bonds is 1.